The van der Waals surface area contributed by atoms with Crippen molar-refractivity contribution in [3.05, 3.63) is 53.9 Å². The molecule has 0 aliphatic rings. The summed E-state index contributed by atoms with van der Waals surface area (Å²) in [7, 11) is 0. The van der Waals surface area contributed by atoms with Gasteiger partial charge in [-0.05, 0) is 25.1 Å². The molecule has 0 fully saturated rings. The van der Waals surface area contributed by atoms with Gasteiger partial charge in [0.2, 0.25) is 0 Å². The molecule has 102 valence electrons. The fraction of sp³-hybridized carbons (Fsp3) is 0.154. The number of aryl methyl sites for hydroxylation is 1. The van der Waals surface area contributed by atoms with Gasteiger partial charge in [-0.2, -0.15) is 5.10 Å². The van der Waals surface area contributed by atoms with Gasteiger partial charge in [0, 0.05) is 18.5 Å². The minimum Gasteiger partial charge on any atom is -0.454 e. The van der Waals surface area contributed by atoms with Crippen LogP contribution in [0.1, 0.15) is 22.1 Å². The number of hydrogen-bond acceptors (Lipinski definition) is 5. The number of hydrogen-bond donors (Lipinski definition) is 1. The third-order valence-electron chi connectivity index (χ3n) is 2.63. The van der Waals surface area contributed by atoms with Gasteiger partial charge in [0.05, 0.1) is 6.54 Å². The van der Waals surface area contributed by atoms with E-state index in [0.29, 0.717) is 23.9 Å². The Kier molecular flexibility index (Phi) is 3.08. The lowest BCUT2D eigenvalue weighted by atomic mass is 10.4. The number of rotatable bonds is 4. The predicted molar refractivity (Wildman–Crippen MR) is 69.2 cm³/mol. The summed E-state index contributed by atoms with van der Waals surface area (Å²) in [6.07, 6.45) is 3.50. The van der Waals surface area contributed by atoms with E-state index in [1.807, 2.05) is 12.3 Å². The number of carbonyl (C=O) groups excluding carboxylic acids is 1. The standard InChI is InChI=1S/C13H12N4O3/c1-9-7-12(16-20-9)15-13(18)11-4-3-10(19-11)8-17-6-2-5-14-17/h2-7H,8H2,1H3,(H,15,16,18). The monoisotopic (exact) mass is 272 g/mol. The van der Waals surface area contributed by atoms with E-state index in [0.717, 1.165) is 0 Å². The molecule has 0 unspecified atom stereocenters. The van der Waals surface area contributed by atoms with Gasteiger partial charge in [-0.25, -0.2) is 0 Å². The Labute approximate surface area is 114 Å². The topological polar surface area (TPSA) is 86.1 Å². The maximum atomic E-state index is 11.9. The first-order valence-electron chi connectivity index (χ1n) is 6.01. The van der Waals surface area contributed by atoms with Crippen molar-refractivity contribution in [1.82, 2.24) is 14.9 Å². The van der Waals surface area contributed by atoms with Gasteiger partial charge < -0.3 is 14.3 Å². The molecule has 0 aromatic carbocycles. The molecule has 7 nitrogen and oxygen atoms in total. The summed E-state index contributed by atoms with van der Waals surface area (Å²) < 4.78 is 12.0. The van der Waals surface area contributed by atoms with Crippen LogP contribution in [0.5, 0.6) is 0 Å². The minimum absolute atomic E-state index is 0.216. The second-order valence-electron chi connectivity index (χ2n) is 4.25. The molecular formula is C13H12N4O3. The van der Waals surface area contributed by atoms with Crippen LogP contribution < -0.4 is 5.32 Å². The highest BCUT2D eigenvalue weighted by molar-refractivity contribution is 6.01. The molecule has 0 bridgehead atoms. The molecule has 0 aliphatic carbocycles. The van der Waals surface area contributed by atoms with E-state index < -0.39 is 0 Å². The largest absolute Gasteiger partial charge is 0.454 e. The molecule has 3 heterocycles. The predicted octanol–water partition coefficient (Wildman–Crippen LogP) is 2.07. The highest BCUT2D eigenvalue weighted by Gasteiger charge is 2.13. The third kappa shape index (κ3) is 2.61. The van der Waals surface area contributed by atoms with E-state index in [1.54, 1.807) is 36.0 Å². The van der Waals surface area contributed by atoms with Crippen molar-refractivity contribution in [2.45, 2.75) is 13.5 Å². The normalized spacial score (nSPS) is 10.7. The van der Waals surface area contributed by atoms with Gasteiger partial charge >= 0.3 is 0 Å². The van der Waals surface area contributed by atoms with Gasteiger partial charge in [-0.15, -0.1) is 0 Å². The molecule has 7 heteroatoms. The average molecular weight is 272 g/mol. The summed E-state index contributed by atoms with van der Waals surface area (Å²) in [6.45, 7) is 2.22. The minimum atomic E-state index is -0.370. The Morgan fingerprint density at radius 2 is 2.35 bits per heavy atom. The molecule has 3 aromatic rings. The summed E-state index contributed by atoms with van der Waals surface area (Å²) in [4.78, 5) is 11.9. The highest BCUT2D eigenvalue weighted by atomic mass is 16.5. The van der Waals surface area contributed by atoms with Crippen LogP contribution in [0.3, 0.4) is 0 Å². The Bertz CT molecular complexity index is 712. The molecule has 0 aliphatic heterocycles. The molecule has 0 saturated carbocycles. The van der Waals surface area contributed by atoms with Crippen LogP contribution in [-0.2, 0) is 6.54 Å². The van der Waals surface area contributed by atoms with E-state index in [1.165, 1.54) is 0 Å². The fourth-order valence-electron chi connectivity index (χ4n) is 1.74. The molecular weight excluding hydrogens is 260 g/mol. The van der Waals surface area contributed by atoms with Gasteiger partial charge in [-0.3, -0.25) is 9.48 Å². The molecule has 0 spiro atoms. The number of amides is 1. The van der Waals surface area contributed by atoms with Gasteiger partial charge in [0.1, 0.15) is 11.5 Å². The van der Waals surface area contributed by atoms with Crippen LogP contribution in [0.25, 0.3) is 0 Å². The van der Waals surface area contributed by atoms with Crippen LogP contribution in [0.15, 0.2) is 45.6 Å². The first-order valence-corrected chi connectivity index (χ1v) is 6.01. The SMILES string of the molecule is Cc1cc(NC(=O)c2ccc(Cn3cccn3)o2)no1. The molecule has 0 saturated heterocycles. The molecule has 20 heavy (non-hydrogen) atoms. The summed E-state index contributed by atoms with van der Waals surface area (Å²) in [5.41, 5.74) is 0. The maximum Gasteiger partial charge on any atom is 0.292 e. The van der Waals surface area contributed by atoms with Crippen molar-refractivity contribution < 1.29 is 13.7 Å². The van der Waals surface area contributed by atoms with Crippen molar-refractivity contribution in [2.75, 3.05) is 5.32 Å². The Hall–Kier alpha value is -2.83. The summed E-state index contributed by atoms with van der Waals surface area (Å²) in [5.74, 6) is 1.48. The first-order chi connectivity index (χ1) is 9.70. The van der Waals surface area contributed by atoms with Crippen LogP contribution >= 0.6 is 0 Å². The number of furan rings is 1. The van der Waals surface area contributed by atoms with Crippen molar-refractivity contribution >= 4 is 11.7 Å². The smallest absolute Gasteiger partial charge is 0.292 e. The average Bonchev–Trinajstić information content (AvgIpc) is 3.12. The van der Waals surface area contributed by atoms with Crippen LogP contribution in [0.4, 0.5) is 5.82 Å². The van der Waals surface area contributed by atoms with Crippen LogP contribution in [-0.4, -0.2) is 20.8 Å². The van der Waals surface area contributed by atoms with Crippen molar-refractivity contribution in [3.8, 4) is 0 Å². The second kappa shape index (κ2) is 5.04. The Balaban J connectivity index is 1.68. The van der Waals surface area contributed by atoms with Crippen LogP contribution in [0, 0.1) is 6.92 Å². The van der Waals surface area contributed by atoms with E-state index in [-0.39, 0.29) is 11.7 Å². The lowest BCUT2D eigenvalue weighted by molar-refractivity contribution is 0.0993. The summed E-state index contributed by atoms with van der Waals surface area (Å²) >= 11 is 0. The van der Waals surface area contributed by atoms with Gasteiger partial charge in [0.25, 0.3) is 5.91 Å². The zero-order valence-electron chi connectivity index (χ0n) is 10.7. The second-order valence-corrected chi connectivity index (χ2v) is 4.25. The molecule has 3 rings (SSSR count). The quantitative estimate of drug-likeness (QED) is 0.785. The number of aromatic nitrogens is 3. The molecule has 0 atom stereocenters. The lowest BCUT2D eigenvalue weighted by Crippen LogP contribution is -2.11. The van der Waals surface area contributed by atoms with E-state index in [4.69, 9.17) is 8.94 Å². The van der Waals surface area contributed by atoms with E-state index >= 15 is 0 Å². The van der Waals surface area contributed by atoms with Gasteiger partial charge in [-0.1, -0.05) is 5.16 Å². The van der Waals surface area contributed by atoms with Crippen molar-refractivity contribution in [1.29, 1.82) is 0 Å². The van der Waals surface area contributed by atoms with Crippen molar-refractivity contribution in [3.63, 3.8) is 0 Å². The number of anilines is 1. The van der Waals surface area contributed by atoms with Crippen molar-refractivity contribution in [2.24, 2.45) is 0 Å². The number of nitrogens with one attached hydrogen (secondary N) is 1. The first kappa shape index (κ1) is 12.2. The molecule has 0 radical (unpaired) electrons. The third-order valence-corrected chi connectivity index (χ3v) is 2.63. The summed E-state index contributed by atoms with van der Waals surface area (Å²) in [5, 5.41) is 10.3. The zero-order chi connectivity index (χ0) is 13.9. The number of nitrogens with zero attached hydrogens (tertiary/aromatic N) is 3. The maximum absolute atomic E-state index is 11.9. The van der Waals surface area contributed by atoms with Gasteiger partial charge in [0.15, 0.2) is 11.6 Å². The van der Waals surface area contributed by atoms with E-state index in [9.17, 15) is 4.79 Å². The zero-order valence-corrected chi connectivity index (χ0v) is 10.7. The Morgan fingerprint density at radius 1 is 1.45 bits per heavy atom. The highest BCUT2D eigenvalue weighted by Crippen LogP contribution is 2.13. The number of carbonyl (C=O) groups is 1. The molecule has 3 aromatic heterocycles. The molecule has 1 amide bonds. The lowest BCUT2D eigenvalue weighted by Gasteiger charge is -1.98. The Morgan fingerprint density at radius 3 is 3.05 bits per heavy atom. The fourth-order valence-corrected chi connectivity index (χ4v) is 1.74. The summed E-state index contributed by atoms with van der Waals surface area (Å²) in [6, 6.07) is 6.81. The molecule has 1 N–H and O–H groups in total. The van der Waals surface area contributed by atoms with Crippen LogP contribution in [0.2, 0.25) is 0 Å². The van der Waals surface area contributed by atoms with E-state index in [2.05, 4.69) is 15.6 Å².